The Morgan fingerprint density at radius 1 is 0.611 bits per heavy atom. The molecule has 0 aliphatic heterocycles. The van der Waals surface area contributed by atoms with E-state index < -0.39 is 26.5 Å². The molecule has 0 aliphatic carbocycles. The summed E-state index contributed by atoms with van der Waals surface area (Å²) in [5.74, 6) is -0.835. The molecule has 10 heteroatoms. The van der Waals surface area contributed by atoms with Crippen molar-refractivity contribution in [2.45, 2.75) is 199 Å². The predicted octanol–water partition coefficient (Wildman–Crippen LogP) is 11.7. The maximum absolute atomic E-state index is 12.7. The number of ether oxygens (including phenoxy) is 2. The second kappa shape index (κ2) is 37.1. The fraction of sp³-hybridized carbons (Fsp3) is 0.864. The summed E-state index contributed by atoms with van der Waals surface area (Å²) in [4.78, 5) is 37.5. The van der Waals surface area contributed by atoms with E-state index >= 15 is 0 Å². The van der Waals surface area contributed by atoms with Gasteiger partial charge in [-0.05, 0) is 44.9 Å². The van der Waals surface area contributed by atoms with Crippen molar-refractivity contribution in [2.24, 2.45) is 0 Å². The van der Waals surface area contributed by atoms with E-state index in [2.05, 4.69) is 25.7 Å². The molecule has 0 saturated heterocycles. The highest BCUT2D eigenvalue weighted by Crippen LogP contribution is 2.38. The Morgan fingerprint density at radius 3 is 1.50 bits per heavy atom. The topological polar surface area (TPSA) is 111 Å². The zero-order valence-corrected chi connectivity index (χ0v) is 36.4. The summed E-state index contributed by atoms with van der Waals surface area (Å²) >= 11 is 0. The predicted molar refractivity (Wildman–Crippen MR) is 222 cm³/mol. The summed E-state index contributed by atoms with van der Waals surface area (Å²) in [5.41, 5.74) is 0. The van der Waals surface area contributed by atoms with Crippen LogP contribution in [0.1, 0.15) is 193 Å². The number of carbonyl (C=O) groups excluding carboxylic acids is 2. The standard InChI is InChI=1S/C44H84NO8P/c1-6-8-10-12-14-16-18-20-22-24-26-28-30-32-34-36-43(46)50-40-42(41-52-54(48,49)51-39-38-45(3,4)5)53-44(47)37-35-33-31-29-27-25-23-21-19-17-15-13-11-9-7-2/h7,12,14,42H,2,6,8-11,13,15-41H2,1,3-5H3/b14-12+/t42-/m1/s1. The van der Waals surface area contributed by atoms with Crippen LogP contribution in [0.15, 0.2) is 24.8 Å². The number of likely N-dealkylation sites (N-methyl/N-ethyl adjacent to an activating group) is 1. The van der Waals surface area contributed by atoms with E-state index in [4.69, 9.17) is 18.5 Å². The third-order valence-corrected chi connectivity index (χ3v) is 10.6. The van der Waals surface area contributed by atoms with Crippen molar-refractivity contribution in [3.8, 4) is 0 Å². The summed E-state index contributed by atoms with van der Waals surface area (Å²) in [5, 5.41) is 0. The van der Waals surface area contributed by atoms with Gasteiger partial charge in [0.25, 0.3) is 7.82 Å². The van der Waals surface area contributed by atoms with Gasteiger partial charge in [0.2, 0.25) is 0 Å². The molecule has 0 aliphatic rings. The second-order valence-electron chi connectivity index (χ2n) is 16.1. The van der Waals surface area contributed by atoms with Crippen LogP contribution in [0.25, 0.3) is 0 Å². The van der Waals surface area contributed by atoms with E-state index in [9.17, 15) is 19.0 Å². The molecule has 0 radical (unpaired) electrons. The third kappa shape index (κ3) is 40.2. The van der Waals surface area contributed by atoms with E-state index in [0.29, 0.717) is 17.4 Å². The van der Waals surface area contributed by atoms with Crippen LogP contribution < -0.4 is 4.89 Å². The van der Waals surface area contributed by atoms with Crippen LogP contribution in [-0.2, 0) is 32.7 Å². The normalized spacial score (nSPS) is 13.6. The van der Waals surface area contributed by atoms with Gasteiger partial charge >= 0.3 is 11.9 Å². The van der Waals surface area contributed by atoms with E-state index in [-0.39, 0.29) is 32.0 Å². The molecule has 318 valence electrons. The van der Waals surface area contributed by atoms with Crippen molar-refractivity contribution in [3.63, 3.8) is 0 Å². The highest BCUT2D eigenvalue weighted by Gasteiger charge is 2.21. The van der Waals surface area contributed by atoms with Crippen molar-refractivity contribution in [2.75, 3.05) is 47.5 Å². The number of allylic oxidation sites excluding steroid dienone is 3. The summed E-state index contributed by atoms with van der Waals surface area (Å²) in [7, 11) is 1.17. The molecular weight excluding hydrogens is 701 g/mol. The van der Waals surface area contributed by atoms with Crippen molar-refractivity contribution in [1.82, 2.24) is 0 Å². The Labute approximate surface area is 332 Å². The molecule has 0 aromatic carbocycles. The monoisotopic (exact) mass is 786 g/mol. The Bertz CT molecular complexity index is 967. The van der Waals surface area contributed by atoms with Crippen LogP contribution in [0.2, 0.25) is 0 Å². The maximum Gasteiger partial charge on any atom is 0.306 e. The summed E-state index contributed by atoms with van der Waals surface area (Å²) in [6, 6.07) is 0. The Hall–Kier alpha value is -1.51. The molecule has 0 saturated carbocycles. The minimum atomic E-state index is -4.62. The van der Waals surface area contributed by atoms with Gasteiger partial charge in [0.1, 0.15) is 19.8 Å². The van der Waals surface area contributed by atoms with E-state index in [1.54, 1.807) is 0 Å². The SMILES string of the molecule is C=CCCCCCCCCCCCCCCCC(=O)O[C@H](COC(=O)CCCCCCCCCCC/C=C/CCCC)COP(=O)([O-])OCC[N+](C)(C)C. The van der Waals surface area contributed by atoms with E-state index in [0.717, 1.165) is 44.9 Å². The highest BCUT2D eigenvalue weighted by atomic mass is 31.2. The number of hydrogen-bond acceptors (Lipinski definition) is 8. The molecule has 9 nitrogen and oxygen atoms in total. The Kier molecular flexibility index (Phi) is 36.1. The van der Waals surface area contributed by atoms with E-state index in [1.807, 2.05) is 27.2 Å². The van der Waals surface area contributed by atoms with Gasteiger partial charge in [-0.25, -0.2) is 0 Å². The lowest BCUT2D eigenvalue weighted by molar-refractivity contribution is -0.870. The molecule has 0 aromatic rings. The minimum Gasteiger partial charge on any atom is -0.756 e. The molecular formula is C44H84NO8P. The zero-order valence-electron chi connectivity index (χ0n) is 35.5. The molecule has 0 amide bonds. The van der Waals surface area contributed by atoms with Crippen LogP contribution in [0.3, 0.4) is 0 Å². The fourth-order valence-corrected chi connectivity index (χ4v) is 6.82. The quantitative estimate of drug-likeness (QED) is 0.0198. The number of rotatable bonds is 41. The highest BCUT2D eigenvalue weighted by molar-refractivity contribution is 7.45. The van der Waals surface area contributed by atoms with Gasteiger partial charge in [-0.2, -0.15) is 0 Å². The maximum atomic E-state index is 12.7. The first-order chi connectivity index (χ1) is 26.0. The lowest BCUT2D eigenvalue weighted by atomic mass is 10.0. The van der Waals surface area contributed by atoms with Gasteiger partial charge in [0.15, 0.2) is 6.10 Å². The van der Waals surface area contributed by atoms with Gasteiger partial charge in [0, 0.05) is 12.8 Å². The minimum absolute atomic E-state index is 0.0303. The second-order valence-corrected chi connectivity index (χ2v) is 17.6. The number of hydrogen-bond donors (Lipinski definition) is 0. The first-order valence-corrected chi connectivity index (χ1v) is 23.5. The third-order valence-electron chi connectivity index (χ3n) is 9.59. The van der Waals surface area contributed by atoms with Crippen LogP contribution >= 0.6 is 7.82 Å². The number of carbonyl (C=O) groups is 2. The van der Waals surface area contributed by atoms with Crippen molar-refractivity contribution >= 4 is 19.8 Å². The molecule has 1 unspecified atom stereocenters. The molecule has 0 bridgehead atoms. The average molecular weight is 786 g/mol. The summed E-state index contributed by atoms with van der Waals surface area (Å²) < 4.78 is 33.9. The molecule has 0 N–H and O–H groups in total. The fourth-order valence-electron chi connectivity index (χ4n) is 6.09. The van der Waals surface area contributed by atoms with Crippen molar-refractivity contribution in [3.05, 3.63) is 24.8 Å². The largest absolute Gasteiger partial charge is 0.756 e. The van der Waals surface area contributed by atoms with Gasteiger partial charge in [-0.1, -0.05) is 154 Å². The number of unbranched alkanes of at least 4 members (excludes halogenated alkanes) is 24. The zero-order chi connectivity index (χ0) is 40.0. The van der Waals surface area contributed by atoms with Crippen LogP contribution in [0, 0.1) is 0 Å². The molecule has 0 spiro atoms. The number of nitrogens with zero attached hydrogens (tertiary/aromatic N) is 1. The number of phosphoric ester groups is 1. The lowest BCUT2D eigenvalue weighted by Crippen LogP contribution is -2.37. The molecule has 54 heavy (non-hydrogen) atoms. The van der Waals surface area contributed by atoms with Gasteiger partial charge in [-0.15, -0.1) is 6.58 Å². The van der Waals surface area contributed by atoms with Gasteiger partial charge in [0.05, 0.1) is 27.7 Å². The molecule has 2 atom stereocenters. The Morgan fingerprint density at radius 2 is 1.04 bits per heavy atom. The van der Waals surface area contributed by atoms with Crippen LogP contribution in [-0.4, -0.2) is 70.0 Å². The van der Waals surface area contributed by atoms with Crippen molar-refractivity contribution in [1.29, 1.82) is 0 Å². The molecule has 0 aromatic heterocycles. The molecule has 0 heterocycles. The first-order valence-electron chi connectivity index (χ1n) is 22.0. The number of esters is 2. The molecule has 0 fully saturated rings. The summed E-state index contributed by atoms with van der Waals surface area (Å²) in [6.45, 7) is 5.73. The smallest absolute Gasteiger partial charge is 0.306 e. The van der Waals surface area contributed by atoms with E-state index in [1.165, 1.54) is 122 Å². The lowest BCUT2D eigenvalue weighted by Gasteiger charge is -2.28. The Balaban J connectivity index is 4.32. The average Bonchev–Trinajstić information content (AvgIpc) is 3.12. The summed E-state index contributed by atoms with van der Waals surface area (Å²) in [6.07, 6.45) is 38.0. The van der Waals surface area contributed by atoms with Gasteiger partial charge in [-0.3, -0.25) is 14.2 Å². The van der Waals surface area contributed by atoms with Gasteiger partial charge < -0.3 is 27.9 Å². The van der Waals surface area contributed by atoms with Crippen molar-refractivity contribution < 1.29 is 42.1 Å². The van der Waals surface area contributed by atoms with Crippen LogP contribution in [0.5, 0.6) is 0 Å². The van der Waals surface area contributed by atoms with Crippen LogP contribution in [0.4, 0.5) is 0 Å². The number of phosphoric acid groups is 1. The molecule has 0 rings (SSSR count). The number of quaternary nitrogens is 1. The first kappa shape index (κ1) is 52.5.